The predicted molar refractivity (Wildman–Crippen MR) is 105 cm³/mol. The first-order valence-electron chi connectivity index (χ1n) is 8.75. The van der Waals surface area contributed by atoms with Crippen molar-refractivity contribution < 1.29 is 14.5 Å². The highest BCUT2D eigenvalue weighted by Gasteiger charge is 2.34. The fraction of sp³-hybridized carbons (Fsp3) is 0.211. The fourth-order valence-corrected chi connectivity index (χ4v) is 4.20. The Kier molecular flexibility index (Phi) is 4.74. The van der Waals surface area contributed by atoms with Crippen LogP contribution in [0.1, 0.15) is 23.2 Å². The number of aromatic nitrogens is 1. The minimum absolute atomic E-state index is 0.0237. The van der Waals surface area contributed by atoms with Gasteiger partial charge < -0.3 is 10.2 Å². The molecular weight excluding hydrogens is 380 g/mol. The lowest BCUT2D eigenvalue weighted by Gasteiger charge is -2.23. The lowest BCUT2D eigenvalue weighted by atomic mass is 10.1. The maximum atomic E-state index is 12.8. The Bertz CT molecular complexity index is 1070. The average molecular weight is 396 g/mol. The van der Waals surface area contributed by atoms with Crippen molar-refractivity contribution in [1.82, 2.24) is 9.88 Å². The summed E-state index contributed by atoms with van der Waals surface area (Å²) >= 11 is 1.17. The van der Waals surface area contributed by atoms with Gasteiger partial charge >= 0.3 is 0 Å². The Morgan fingerprint density at radius 3 is 2.75 bits per heavy atom. The number of fused-ring (bicyclic) bond motifs is 1. The van der Waals surface area contributed by atoms with Gasteiger partial charge in [-0.3, -0.25) is 19.7 Å². The van der Waals surface area contributed by atoms with E-state index in [1.807, 2.05) is 6.07 Å². The number of nitro benzene ring substituents is 1. The predicted octanol–water partition coefficient (Wildman–Crippen LogP) is 3.45. The molecular formula is C19H16N4O4S. The average Bonchev–Trinajstić information content (AvgIpc) is 3.34. The molecule has 1 aromatic heterocycles. The van der Waals surface area contributed by atoms with Gasteiger partial charge in [0.15, 0.2) is 5.13 Å². The number of hydrogen-bond acceptors (Lipinski definition) is 6. The van der Waals surface area contributed by atoms with Gasteiger partial charge in [0.2, 0.25) is 5.91 Å². The van der Waals surface area contributed by atoms with Crippen LogP contribution in [0.2, 0.25) is 0 Å². The minimum Gasteiger partial charge on any atom is -0.327 e. The van der Waals surface area contributed by atoms with Crippen LogP contribution in [0.3, 0.4) is 0 Å². The van der Waals surface area contributed by atoms with E-state index in [-0.39, 0.29) is 17.5 Å². The number of anilines is 1. The summed E-state index contributed by atoms with van der Waals surface area (Å²) in [5, 5.41) is 14.0. The number of nitrogens with one attached hydrogen (secondary N) is 1. The second-order valence-electron chi connectivity index (χ2n) is 6.44. The van der Waals surface area contributed by atoms with Crippen molar-refractivity contribution in [3.63, 3.8) is 0 Å². The van der Waals surface area contributed by atoms with Gasteiger partial charge in [-0.25, -0.2) is 4.98 Å². The van der Waals surface area contributed by atoms with E-state index in [2.05, 4.69) is 10.3 Å². The monoisotopic (exact) mass is 396 g/mol. The summed E-state index contributed by atoms with van der Waals surface area (Å²) in [5.74, 6) is -0.464. The van der Waals surface area contributed by atoms with Crippen molar-refractivity contribution in [3.05, 3.63) is 64.2 Å². The summed E-state index contributed by atoms with van der Waals surface area (Å²) in [4.78, 5) is 41.8. The molecule has 0 saturated carbocycles. The molecule has 2 amide bonds. The molecule has 1 aliphatic rings. The van der Waals surface area contributed by atoms with Crippen molar-refractivity contribution in [1.29, 1.82) is 0 Å². The highest BCUT2D eigenvalue weighted by atomic mass is 32.1. The molecule has 9 heteroatoms. The van der Waals surface area contributed by atoms with Gasteiger partial charge in [-0.2, -0.15) is 0 Å². The molecule has 0 unspecified atom stereocenters. The highest BCUT2D eigenvalue weighted by Crippen LogP contribution is 2.30. The van der Waals surface area contributed by atoms with Crippen LogP contribution in [-0.2, 0) is 4.79 Å². The van der Waals surface area contributed by atoms with Crippen molar-refractivity contribution >= 4 is 44.2 Å². The van der Waals surface area contributed by atoms with E-state index in [1.165, 1.54) is 23.5 Å². The summed E-state index contributed by atoms with van der Waals surface area (Å²) in [6.07, 6.45) is 1.34. The SMILES string of the molecule is O=C(Nc1nc2ccc([N+](=O)[O-])cc2s1)[C@H]1CCCN1C(=O)c1ccccc1. The highest BCUT2D eigenvalue weighted by molar-refractivity contribution is 7.22. The van der Waals surface area contributed by atoms with Gasteiger partial charge in [-0.15, -0.1) is 0 Å². The lowest BCUT2D eigenvalue weighted by Crippen LogP contribution is -2.43. The number of amides is 2. The normalized spacial score (nSPS) is 16.3. The molecule has 8 nitrogen and oxygen atoms in total. The van der Waals surface area contributed by atoms with Gasteiger partial charge in [0, 0.05) is 24.2 Å². The first kappa shape index (κ1) is 18.1. The third-order valence-corrected chi connectivity index (χ3v) is 5.58. The Balaban J connectivity index is 1.52. The van der Waals surface area contributed by atoms with Gasteiger partial charge in [0.1, 0.15) is 6.04 Å². The Morgan fingerprint density at radius 2 is 2.00 bits per heavy atom. The van der Waals surface area contributed by atoms with E-state index < -0.39 is 11.0 Å². The van der Waals surface area contributed by atoms with Crippen LogP contribution < -0.4 is 5.32 Å². The van der Waals surface area contributed by atoms with E-state index in [1.54, 1.807) is 35.2 Å². The Labute approximate surface area is 163 Å². The van der Waals surface area contributed by atoms with Crippen LogP contribution in [0.25, 0.3) is 10.2 Å². The summed E-state index contributed by atoms with van der Waals surface area (Å²) in [6, 6.07) is 12.7. The molecule has 2 heterocycles. The number of hydrogen-bond donors (Lipinski definition) is 1. The van der Waals surface area contributed by atoms with Crippen LogP contribution >= 0.6 is 11.3 Å². The number of benzene rings is 2. The van der Waals surface area contributed by atoms with E-state index in [9.17, 15) is 19.7 Å². The topological polar surface area (TPSA) is 105 Å². The van der Waals surface area contributed by atoms with Crippen molar-refractivity contribution in [3.8, 4) is 0 Å². The van der Waals surface area contributed by atoms with Gasteiger partial charge in [-0.1, -0.05) is 29.5 Å². The van der Waals surface area contributed by atoms with Crippen molar-refractivity contribution in [2.75, 3.05) is 11.9 Å². The zero-order valence-electron chi connectivity index (χ0n) is 14.7. The number of carbonyl (C=O) groups is 2. The summed E-state index contributed by atoms with van der Waals surface area (Å²) < 4.78 is 0.619. The third-order valence-electron chi connectivity index (χ3n) is 4.65. The molecule has 1 N–H and O–H groups in total. The van der Waals surface area contributed by atoms with E-state index >= 15 is 0 Å². The molecule has 3 aromatic rings. The zero-order valence-corrected chi connectivity index (χ0v) is 15.5. The lowest BCUT2D eigenvalue weighted by molar-refractivity contribution is -0.384. The van der Waals surface area contributed by atoms with E-state index in [4.69, 9.17) is 0 Å². The van der Waals surface area contributed by atoms with E-state index in [0.29, 0.717) is 33.9 Å². The van der Waals surface area contributed by atoms with Gasteiger partial charge in [0.25, 0.3) is 11.6 Å². The molecule has 0 radical (unpaired) electrons. The Hall–Kier alpha value is -3.33. The van der Waals surface area contributed by atoms with Crippen molar-refractivity contribution in [2.45, 2.75) is 18.9 Å². The maximum Gasteiger partial charge on any atom is 0.270 e. The molecule has 0 aliphatic carbocycles. The second kappa shape index (κ2) is 7.35. The smallest absolute Gasteiger partial charge is 0.270 e. The van der Waals surface area contributed by atoms with Crippen LogP contribution in [0.15, 0.2) is 48.5 Å². The molecule has 28 heavy (non-hydrogen) atoms. The first-order valence-corrected chi connectivity index (χ1v) is 9.56. The number of nitrogens with zero attached hydrogens (tertiary/aromatic N) is 3. The maximum absolute atomic E-state index is 12.8. The number of nitro groups is 1. The fourth-order valence-electron chi connectivity index (χ4n) is 3.30. The third kappa shape index (κ3) is 3.44. The minimum atomic E-state index is -0.561. The van der Waals surface area contributed by atoms with Crippen molar-refractivity contribution in [2.24, 2.45) is 0 Å². The van der Waals surface area contributed by atoms with E-state index in [0.717, 1.165) is 6.42 Å². The summed E-state index contributed by atoms with van der Waals surface area (Å²) in [5.41, 5.74) is 1.11. The number of likely N-dealkylation sites (tertiary alicyclic amines) is 1. The number of rotatable bonds is 4. The largest absolute Gasteiger partial charge is 0.327 e. The standard InChI is InChI=1S/C19H16N4O4S/c24-17(15-7-4-10-22(15)18(25)12-5-2-1-3-6-12)21-19-20-14-9-8-13(23(26)27)11-16(14)28-19/h1-3,5-6,8-9,11,15H,4,7,10H2,(H,20,21,24)/t15-/m1/s1. The summed E-state index contributed by atoms with van der Waals surface area (Å²) in [7, 11) is 0. The van der Waals surface area contributed by atoms with Crippen LogP contribution in [0.5, 0.6) is 0 Å². The molecule has 1 aliphatic heterocycles. The van der Waals surface area contributed by atoms with Crippen LogP contribution in [0.4, 0.5) is 10.8 Å². The molecule has 142 valence electrons. The number of non-ortho nitro benzene ring substituents is 1. The van der Waals surface area contributed by atoms with Gasteiger partial charge in [-0.05, 0) is 31.0 Å². The Morgan fingerprint density at radius 1 is 1.21 bits per heavy atom. The number of thiazole rings is 1. The molecule has 1 saturated heterocycles. The number of carbonyl (C=O) groups excluding carboxylic acids is 2. The molecule has 4 rings (SSSR count). The van der Waals surface area contributed by atoms with Gasteiger partial charge in [0.05, 0.1) is 15.1 Å². The first-order chi connectivity index (χ1) is 13.5. The zero-order chi connectivity index (χ0) is 19.7. The summed E-state index contributed by atoms with van der Waals surface area (Å²) in [6.45, 7) is 0.526. The molecule has 0 spiro atoms. The van der Waals surface area contributed by atoms with Crippen LogP contribution in [0, 0.1) is 10.1 Å². The van der Waals surface area contributed by atoms with Crippen LogP contribution in [-0.4, -0.2) is 39.2 Å². The molecule has 1 fully saturated rings. The molecule has 0 bridgehead atoms. The second-order valence-corrected chi connectivity index (χ2v) is 7.47. The molecule has 2 aromatic carbocycles. The quantitative estimate of drug-likeness (QED) is 0.537. The molecule has 1 atom stereocenters.